The summed E-state index contributed by atoms with van der Waals surface area (Å²) in [6.07, 6.45) is 6.04. The highest BCUT2D eigenvalue weighted by atomic mass is 16.1. The van der Waals surface area contributed by atoms with E-state index in [1.54, 1.807) is 0 Å². The minimum absolute atomic E-state index is 0.0704. The van der Waals surface area contributed by atoms with Gasteiger partial charge < -0.3 is 5.32 Å². The lowest BCUT2D eigenvalue weighted by atomic mass is 10.1. The van der Waals surface area contributed by atoms with E-state index in [4.69, 9.17) is 0 Å². The van der Waals surface area contributed by atoms with Gasteiger partial charge in [0.1, 0.15) is 0 Å². The molecule has 0 heterocycles. The van der Waals surface area contributed by atoms with Crippen molar-refractivity contribution < 1.29 is 4.79 Å². The van der Waals surface area contributed by atoms with Crippen molar-refractivity contribution in [3.8, 4) is 0 Å². The van der Waals surface area contributed by atoms with E-state index in [1.165, 1.54) is 25.3 Å². The van der Waals surface area contributed by atoms with Gasteiger partial charge in [0, 0.05) is 6.04 Å². The topological polar surface area (TPSA) is 29.1 Å². The molecule has 1 unspecified atom stereocenters. The van der Waals surface area contributed by atoms with Crippen molar-refractivity contribution in [2.24, 2.45) is 0 Å². The van der Waals surface area contributed by atoms with Gasteiger partial charge in [-0.1, -0.05) is 32.8 Å². The highest BCUT2D eigenvalue weighted by Crippen LogP contribution is 2.02. The van der Waals surface area contributed by atoms with E-state index in [1.807, 2.05) is 6.92 Å². The van der Waals surface area contributed by atoms with Gasteiger partial charge in [-0.15, -0.1) is 0 Å². The predicted molar refractivity (Wildman–Crippen MR) is 51.9 cm³/mol. The van der Waals surface area contributed by atoms with Gasteiger partial charge in [-0.05, 0) is 19.4 Å². The second-order valence-corrected chi connectivity index (χ2v) is 3.11. The molecule has 0 radical (unpaired) electrons. The Bertz CT molecular complexity index is 143. The Morgan fingerprint density at radius 3 is 2.75 bits per heavy atom. The zero-order valence-electron chi connectivity index (χ0n) is 8.10. The summed E-state index contributed by atoms with van der Waals surface area (Å²) >= 11 is 0. The number of carbonyl (C=O) groups is 1. The second kappa shape index (κ2) is 6.89. The fraction of sp³-hybridized carbons (Fsp3) is 0.700. The van der Waals surface area contributed by atoms with Crippen LogP contribution >= 0.6 is 0 Å². The van der Waals surface area contributed by atoms with Crippen molar-refractivity contribution in [1.29, 1.82) is 0 Å². The number of hydrogen-bond acceptors (Lipinski definition) is 1. The van der Waals surface area contributed by atoms with Crippen molar-refractivity contribution in [1.82, 2.24) is 5.32 Å². The first-order valence-corrected chi connectivity index (χ1v) is 4.63. The molecule has 0 rings (SSSR count). The van der Waals surface area contributed by atoms with Crippen LogP contribution in [0.1, 0.15) is 39.5 Å². The van der Waals surface area contributed by atoms with Crippen LogP contribution in [0, 0.1) is 0 Å². The van der Waals surface area contributed by atoms with Crippen LogP contribution in [0.25, 0.3) is 0 Å². The van der Waals surface area contributed by atoms with Crippen molar-refractivity contribution in [2.75, 3.05) is 0 Å². The van der Waals surface area contributed by atoms with E-state index in [-0.39, 0.29) is 11.9 Å². The minimum Gasteiger partial charge on any atom is -0.350 e. The molecule has 0 aliphatic carbocycles. The Hall–Kier alpha value is -0.790. The molecule has 0 aromatic heterocycles. The number of hydrogen-bond donors (Lipinski definition) is 1. The maximum Gasteiger partial charge on any atom is 0.243 e. The Labute approximate surface area is 75.0 Å². The van der Waals surface area contributed by atoms with Crippen molar-refractivity contribution in [3.05, 3.63) is 12.7 Å². The van der Waals surface area contributed by atoms with E-state index in [9.17, 15) is 4.79 Å². The van der Waals surface area contributed by atoms with Gasteiger partial charge in [-0.3, -0.25) is 4.79 Å². The number of carbonyl (C=O) groups excluding carboxylic acids is 1. The lowest BCUT2D eigenvalue weighted by molar-refractivity contribution is -0.117. The van der Waals surface area contributed by atoms with E-state index in [0.29, 0.717) is 0 Å². The number of nitrogens with one attached hydrogen (secondary N) is 1. The number of unbranched alkanes of at least 4 members (excludes halogenated alkanes) is 2. The Balaban J connectivity index is 3.38. The predicted octanol–water partition coefficient (Wildman–Crippen LogP) is 2.26. The molecule has 1 N–H and O–H groups in total. The van der Waals surface area contributed by atoms with Gasteiger partial charge in [-0.25, -0.2) is 0 Å². The van der Waals surface area contributed by atoms with Crippen LogP contribution in [0.2, 0.25) is 0 Å². The zero-order chi connectivity index (χ0) is 9.40. The molecule has 0 saturated heterocycles. The average Bonchev–Trinajstić information content (AvgIpc) is 2.05. The molecule has 0 aromatic carbocycles. The molecule has 12 heavy (non-hydrogen) atoms. The van der Waals surface area contributed by atoms with Crippen molar-refractivity contribution >= 4 is 5.91 Å². The molecule has 1 atom stereocenters. The molecule has 0 aliphatic rings. The van der Waals surface area contributed by atoms with Gasteiger partial charge in [0.15, 0.2) is 0 Å². The molecule has 2 nitrogen and oxygen atoms in total. The number of rotatable bonds is 6. The molecule has 2 heteroatoms. The molecule has 0 saturated carbocycles. The van der Waals surface area contributed by atoms with Crippen molar-refractivity contribution in [3.63, 3.8) is 0 Å². The molecule has 0 aromatic rings. The van der Waals surface area contributed by atoms with E-state index < -0.39 is 0 Å². The monoisotopic (exact) mass is 169 g/mol. The van der Waals surface area contributed by atoms with Crippen LogP contribution in [0.4, 0.5) is 0 Å². The highest BCUT2D eigenvalue weighted by Gasteiger charge is 2.02. The van der Waals surface area contributed by atoms with Crippen LogP contribution in [0.15, 0.2) is 12.7 Å². The van der Waals surface area contributed by atoms with Crippen LogP contribution in [-0.4, -0.2) is 11.9 Å². The number of amides is 1. The van der Waals surface area contributed by atoms with E-state index in [2.05, 4.69) is 18.8 Å². The van der Waals surface area contributed by atoms with E-state index in [0.717, 1.165) is 6.42 Å². The summed E-state index contributed by atoms with van der Waals surface area (Å²) in [4.78, 5) is 10.8. The maximum absolute atomic E-state index is 10.8. The third-order valence-corrected chi connectivity index (χ3v) is 1.81. The standard InChI is InChI=1S/C10H19NO/c1-4-6-7-8-9(3)11-10(12)5-2/h5,9H,2,4,6-8H2,1,3H3,(H,11,12). The largest absolute Gasteiger partial charge is 0.350 e. The molecular weight excluding hydrogens is 150 g/mol. The molecule has 0 bridgehead atoms. The van der Waals surface area contributed by atoms with Gasteiger partial charge in [-0.2, -0.15) is 0 Å². The summed E-state index contributed by atoms with van der Waals surface area (Å²) < 4.78 is 0. The van der Waals surface area contributed by atoms with Crippen molar-refractivity contribution in [2.45, 2.75) is 45.6 Å². The van der Waals surface area contributed by atoms with Gasteiger partial charge in [0.05, 0.1) is 0 Å². The molecular formula is C10H19NO. The Kier molecular flexibility index (Phi) is 6.44. The summed E-state index contributed by atoms with van der Waals surface area (Å²) in [7, 11) is 0. The van der Waals surface area contributed by atoms with Gasteiger partial charge >= 0.3 is 0 Å². The summed E-state index contributed by atoms with van der Waals surface area (Å²) in [6, 6.07) is 0.280. The van der Waals surface area contributed by atoms with E-state index >= 15 is 0 Å². The first-order chi connectivity index (χ1) is 5.70. The summed E-state index contributed by atoms with van der Waals surface area (Å²) in [6.45, 7) is 7.60. The molecule has 70 valence electrons. The normalized spacial score (nSPS) is 12.2. The maximum atomic E-state index is 10.8. The zero-order valence-corrected chi connectivity index (χ0v) is 8.10. The first kappa shape index (κ1) is 11.2. The Morgan fingerprint density at radius 2 is 2.25 bits per heavy atom. The average molecular weight is 169 g/mol. The summed E-state index contributed by atoms with van der Waals surface area (Å²) in [5, 5.41) is 2.83. The molecule has 0 fully saturated rings. The minimum atomic E-state index is -0.0704. The van der Waals surface area contributed by atoms with Crippen LogP contribution in [-0.2, 0) is 4.79 Å². The van der Waals surface area contributed by atoms with Gasteiger partial charge in [0.25, 0.3) is 0 Å². The SMILES string of the molecule is C=CC(=O)NC(C)CCCCC. The van der Waals surface area contributed by atoms with Crippen LogP contribution < -0.4 is 5.32 Å². The highest BCUT2D eigenvalue weighted by molar-refractivity contribution is 5.87. The first-order valence-electron chi connectivity index (χ1n) is 4.63. The molecule has 0 spiro atoms. The quantitative estimate of drug-likeness (QED) is 0.479. The Morgan fingerprint density at radius 1 is 1.58 bits per heavy atom. The summed E-state index contributed by atoms with van der Waals surface area (Å²) in [5.41, 5.74) is 0. The fourth-order valence-corrected chi connectivity index (χ4v) is 1.07. The lowest BCUT2D eigenvalue weighted by Gasteiger charge is -2.11. The van der Waals surface area contributed by atoms with Crippen LogP contribution in [0.3, 0.4) is 0 Å². The lowest BCUT2D eigenvalue weighted by Crippen LogP contribution is -2.30. The molecule has 1 amide bonds. The van der Waals surface area contributed by atoms with Crippen LogP contribution in [0.5, 0.6) is 0 Å². The third-order valence-electron chi connectivity index (χ3n) is 1.81. The summed E-state index contributed by atoms with van der Waals surface area (Å²) in [5.74, 6) is -0.0704. The smallest absolute Gasteiger partial charge is 0.243 e. The third kappa shape index (κ3) is 5.96. The molecule has 0 aliphatic heterocycles. The fourth-order valence-electron chi connectivity index (χ4n) is 1.07. The van der Waals surface area contributed by atoms with Gasteiger partial charge in [0.2, 0.25) is 5.91 Å². The second-order valence-electron chi connectivity index (χ2n) is 3.11.